The number of rotatable bonds is 6. The molecule has 1 saturated heterocycles. The first kappa shape index (κ1) is 14.4. The Labute approximate surface area is 125 Å². The molecule has 1 aliphatic rings. The van der Waals surface area contributed by atoms with E-state index in [1.54, 1.807) is 0 Å². The fraction of sp³-hybridized carbons (Fsp3) is 0.562. The van der Waals surface area contributed by atoms with E-state index in [1.807, 2.05) is 10.9 Å². The van der Waals surface area contributed by atoms with Crippen LogP contribution in [0, 0.1) is 5.92 Å². The fourth-order valence-electron chi connectivity index (χ4n) is 2.98. The summed E-state index contributed by atoms with van der Waals surface area (Å²) >= 11 is 0. The third-order valence-electron chi connectivity index (χ3n) is 4.28. The first-order chi connectivity index (χ1) is 10.3. The van der Waals surface area contributed by atoms with Crippen molar-refractivity contribution in [3.05, 3.63) is 42.0 Å². The number of aryl methyl sites for hydroxylation is 2. The van der Waals surface area contributed by atoms with Gasteiger partial charge in [-0.3, -0.25) is 4.68 Å². The van der Waals surface area contributed by atoms with Crippen LogP contribution in [0.15, 0.2) is 30.7 Å². The summed E-state index contributed by atoms with van der Waals surface area (Å²) in [5, 5.41) is 7.92. The van der Waals surface area contributed by atoms with E-state index in [4.69, 9.17) is 4.74 Å². The van der Waals surface area contributed by atoms with Crippen LogP contribution in [0.3, 0.4) is 0 Å². The summed E-state index contributed by atoms with van der Waals surface area (Å²) in [6.45, 7) is 5.74. The summed E-state index contributed by atoms with van der Waals surface area (Å²) in [6.07, 6.45) is 7.44. The van der Waals surface area contributed by atoms with Gasteiger partial charge in [0, 0.05) is 62.9 Å². The lowest BCUT2D eigenvalue weighted by Gasteiger charge is -2.18. The number of ether oxygens (including phenoxy) is 1. The highest BCUT2D eigenvalue weighted by molar-refractivity contribution is 5.11. The maximum Gasteiger partial charge on any atom is 0.0896 e. The van der Waals surface area contributed by atoms with Crippen LogP contribution >= 0.6 is 0 Å². The number of hydrogen-bond donors (Lipinski definition) is 1. The van der Waals surface area contributed by atoms with E-state index in [2.05, 4.69) is 53.5 Å². The Morgan fingerprint density at radius 3 is 3.10 bits per heavy atom. The van der Waals surface area contributed by atoms with E-state index in [-0.39, 0.29) is 6.10 Å². The quantitative estimate of drug-likeness (QED) is 0.885. The lowest BCUT2D eigenvalue weighted by Crippen LogP contribution is -2.25. The Hall–Kier alpha value is -1.59. The summed E-state index contributed by atoms with van der Waals surface area (Å²) in [7, 11) is 2.08. The lowest BCUT2D eigenvalue weighted by atomic mass is 9.97. The smallest absolute Gasteiger partial charge is 0.0896 e. The minimum atomic E-state index is 0.186. The first-order valence-electron chi connectivity index (χ1n) is 7.72. The molecule has 114 valence electrons. The van der Waals surface area contributed by atoms with Crippen molar-refractivity contribution >= 4 is 0 Å². The Balaban J connectivity index is 1.55. The molecule has 1 fully saturated rings. The standard InChI is InChI=1S/C16H24N4O/c1-3-20-12-14(10-18-20)16-13(6-8-21-16)9-17-11-15-5-4-7-19(15)2/h4-5,7,10,12-13,16-17H,3,6,8-9,11H2,1-2H3/t13-,16+/m1/s1. The monoisotopic (exact) mass is 288 g/mol. The van der Waals surface area contributed by atoms with Gasteiger partial charge in [0.1, 0.15) is 0 Å². The zero-order valence-corrected chi connectivity index (χ0v) is 12.8. The molecule has 0 aliphatic carbocycles. The normalized spacial score (nSPS) is 22.0. The Morgan fingerprint density at radius 2 is 2.38 bits per heavy atom. The summed E-state index contributed by atoms with van der Waals surface area (Å²) in [4.78, 5) is 0. The summed E-state index contributed by atoms with van der Waals surface area (Å²) in [5.74, 6) is 0.528. The van der Waals surface area contributed by atoms with E-state index in [9.17, 15) is 0 Å². The van der Waals surface area contributed by atoms with Crippen molar-refractivity contribution in [2.75, 3.05) is 13.2 Å². The summed E-state index contributed by atoms with van der Waals surface area (Å²) < 4.78 is 10.0. The molecule has 3 heterocycles. The molecule has 3 rings (SSSR count). The van der Waals surface area contributed by atoms with Crippen molar-refractivity contribution in [2.45, 2.75) is 32.5 Å². The summed E-state index contributed by atoms with van der Waals surface area (Å²) in [6, 6.07) is 4.23. The second-order valence-corrected chi connectivity index (χ2v) is 5.71. The predicted molar refractivity (Wildman–Crippen MR) is 81.8 cm³/mol. The summed E-state index contributed by atoms with van der Waals surface area (Å²) in [5.41, 5.74) is 2.52. The number of nitrogens with one attached hydrogen (secondary N) is 1. The molecule has 0 unspecified atom stereocenters. The maximum absolute atomic E-state index is 5.92. The lowest BCUT2D eigenvalue weighted by molar-refractivity contribution is 0.0903. The van der Waals surface area contributed by atoms with Crippen molar-refractivity contribution < 1.29 is 4.74 Å². The predicted octanol–water partition coefficient (Wildman–Crippen LogP) is 2.11. The van der Waals surface area contributed by atoms with Crippen LogP contribution in [-0.4, -0.2) is 27.5 Å². The average Bonchev–Trinajstić information content (AvgIpc) is 3.20. The molecular formula is C16H24N4O. The van der Waals surface area contributed by atoms with E-state index < -0.39 is 0 Å². The molecule has 5 nitrogen and oxygen atoms in total. The molecule has 0 radical (unpaired) electrons. The van der Waals surface area contributed by atoms with Crippen LogP contribution in [0.4, 0.5) is 0 Å². The molecule has 1 N–H and O–H groups in total. The van der Waals surface area contributed by atoms with Gasteiger partial charge < -0.3 is 14.6 Å². The third kappa shape index (κ3) is 3.19. The van der Waals surface area contributed by atoms with Crippen molar-refractivity contribution in [2.24, 2.45) is 13.0 Å². The van der Waals surface area contributed by atoms with Gasteiger partial charge in [-0.1, -0.05) is 0 Å². The maximum atomic E-state index is 5.92. The van der Waals surface area contributed by atoms with Crippen molar-refractivity contribution in [3.63, 3.8) is 0 Å². The number of nitrogens with zero attached hydrogens (tertiary/aromatic N) is 3. The van der Waals surface area contributed by atoms with Gasteiger partial charge in [-0.15, -0.1) is 0 Å². The molecule has 21 heavy (non-hydrogen) atoms. The molecule has 0 bridgehead atoms. The molecule has 0 spiro atoms. The Morgan fingerprint density at radius 1 is 1.48 bits per heavy atom. The van der Waals surface area contributed by atoms with E-state index >= 15 is 0 Å². The zero-order valence-electron chi connectivity index (χ0n) is 12.8. The van der Waals surface area contributed by atoms with Crippen molar-refractivity contribution in [1.29, 1.82) is 0 Å². The second-order valence-electron chi connectivity index (χ2n) is 5.71. The zero-order chi connectivity index (χ0) is 14.7. The molecule has 2 aromatic heterocycles. The minimum Gasteiger partial charge on any atom is -0.373 e. The van der Waals surface area contributed by atoms with Crippen LogP contribution in [0.5, 0.6) is 0 Å². The van der Waals surface area contributed by atoms with Crippen molar-refractivity contribution in [1.82, 2.24) is 19.7 Å². The van der Waals surface area contributed by atoms with Crippen LogP contribution in [0.1, 0.15) is 30.7 Å². The topological polar surface area (TPSA) is 44.0 Å². The number of hydrogen-bond acceptors (Lipinski definition) is 3. The van der Waals surface area contributed by atoms with E-state index in [1.165, 1.54) is 11.3 Å². The Kier molecular flexibility index (Phi) is 4.41. The van der Waals surface area contributed by atoms with Gasteiger partial charge in [-0.25, -0.2) is 0 Å². The van der Waals surface area contributed by atoms with Gasteiger partial charge in [0.2, 0.25) is 0 Å². The molecule has 0 amide bonds. The molecular weight excluding hydrogens is 264 g/mol. The highest BCUT2D eigenvalue weighted by Crippen LogP contribution is 2.33. The van der Waals surface area contributed by atoms with Crippen LogP contribution < -0.4 is 5.32 Å². The molecule has 1 aliphatic heterocycles. The molecule has 2 aromatic rings. The van der Waals surface area contributed by atoms with E-state index in [0.29, 0.717) is 5.92 Å². The molecule has 2 atom stereocenters. The van der Waals surface area contributed by atoms with Crippen LogP contribution in [0.25, 0.3) is 0 Å². The minimum absolute atomic E-state index is 0.186. The SMILES string of the molecule is CCn1cc([C@H]2OCC[C@@H]2CNCc2cccn2C)cn1. The largest absolute Gasteiger partial charge is 0.373 e. The second kappa shape index (κ2) is 6.45. The Bertz CT molecular complexity index is 574. The highest BCUT2D eigenvalue weighted by Gasteiger charge is 2.30. The molecule has 0 saturated carbocycles. The fourth-order valence-corrected chi connectivity index (χ4v) is 2.98. The van der Waals surface area contributed by atoms with Crippen LogP contribution in [-0.2, 0) is 24.9 Å². The highest BCUT2D eigenvalue weighted by atomic mass is 16.5. The first-order valence-corrected chi connectivity index (χ1v) is 7.72. The van der Waals surface area contributed by atoms with E-state index in [0.717, 1.165) is 32.7 Å². The molecule has 0 aromatic carbocycles. The van der Waals surface area contributed by atoms with Gasteiger partial charge in [0.25, 0.3) is 0 Å². The van der Waals surface area contributed by atoms with Gasteiger partial charge in [0.15, 0.2) is 0 Å². The van der Waals surface area contributed by atoms with Crippen molar-refractivity contribution in [3.8, 4) is 0 Å². The third-order valence-corrected chi connectivity index (χ3v) is 4.28. The number of aromatic nitrogens is 3. The van der Waals surface area contributed by atoms with Gasteiger partial charge in [-0.05, 0) is 25.5 Å². The van der Waals surface area contributed by atoms with Gasteiger partial charge in [0.05, 0.1) is 12.3 Å². The molecule has 5 heteroatoms. The van der Waals surface area contributed by atoms with Gasteiger partial charge >= 0.3 is 0 Å². The van der Waals surface area contributed by atoms with Gasteiger partial charge in [-0.2, -0.15) is 5.10 Å². The average molecular weight is 288 g/mol. The van der Waals surface area contributed by atoms with Crippen LogP contribution in [0.2, 0.25) is 0 Å².